The molecule has 17 heavy (non-hydrogen) atoms. The van der Waals surface area contributed by atoms with Crippen LogP contribution in [0.25, 0.3) is 0 Å². The number of halogens is 1. The van der Waals surface area contributed by atoms with Crippen molar-refractivity contribution in [1.29, 1.82) is 0 Å². The van der Waals surface area contributed by atoms with Crippen LogP contribution < -0.4 is 0 Å². The first-order chi connectivity index (χ1) is 8.17. The van der Waals surface area contributed by atoms with Crippen LogP contribution in [0.1, 0.15) is 78.6 Å². The van der Waals surface area contributed by atoms with Crippen molar-refractivity contribution in [2.24, 2.45) is 17.8 Å². The van der Waals surface area contributed by atoms with E-state index in [0.29, 0.717) is 5.92 Å². The predicted octanol–water partition coefficient (Wildman–Crippen LogP) is 5.76. The van der Waals surface area contributed by atoms with Crippen LogP contribution in [0, 0.1) is 17.8 Å². The lowest BCUT2D eigenvalue weighted by Crippen LogP contribution is -2.22. The van der Waals surface area contributed by atoms with Crippen LogP contribution in [0.15, 0.2) is 0 Å². The summed E-state index contributed by atoms with van der Waals surface area (Å²) in [4.78, 5) is 0. The monoisotopic (exact) mass is 242 g/mol. The highest BCUT2D eigenvalue weighted by Gasteiger charge is 2.26. The van der Waals surface area contributed by atoms with E-state index in [1.165, 1.54) is 38.5 Å². The fourth-order valence-electron chi connectivity index (χ4n) is 3.48. The fraction of sp³-hybridized carbons (Fsp3) is 1.00. The van der Waals surface area contributed by atoms with Crippen molar-refractivity contribution in [1.82, 2.24) is 0 Å². The molecule has 0 aromatic heterocycles. The standard InChI is InChI=1S/C16H31F/c1-4-6-14-8-10-15(11-9-14)13(3)12-16(17)7-5-2/h13-16H,4-12H2,1-3H3. The summed E-state index contributed by atoms with van der Waals surface area (Å²) >= 11 is 0. The summed E-state index contributed by atoms with van der Waals surface area (Å²) in [5.41, 5.74) is 0. The van der Waals surface area contributed by atoms with Gasteiger partial charge in [-0.1, -0.05) is 52.9 Å². The average molecular weight is 242 g/mol. The van der Waals surface area contributed by atoms with Crippen molar-refractivity contribution >= 4 is 0 Å². The first-order valence-corrected chi connectivity index (χ1v) is 7.81. The minimum atomic E-state index is -0.552. The van der Waals surface area contributed by atoms with Crippen molar-refractivity contribution in [2.75, 3.05) is 0 Å². The molecule has 0 aromatic rings. The third kappa shape index (κ3) is 5.40. The van der Waals surface area contributed by atoms with Crippen molar-refractivity contribution in [3.8, 4) is 0 Å². The Morgan fingerprint density at radius 2 is 1.71 bits per heavy atom. The molecule has 0 N–H and O–H groups in total. The maximum Gasteiger partial charge on any atom is 0.100 e. The Balaban J connectivity index is 2.23. The summed E-state index contributed by atoms with van der Waals surface area (Å²) in [7, 11) is 0. The molecule has 0 radical (unpaired) electrons. The van der Waals surface area contributed by atoms with Gasteiger partial charge in [-0.3, -0.25) is 0 Å². The van der Waals surface area contributed by atoms with Crippen LogP contribution >= 0.6 is 0 Å². The van der Waals surface area contributed by atoms with Gasteiger partial charge in [-0.15, -0.1) is 0 Å². The molecule has 2 atom stereocenters. The molecule has 0 spiro atoms. The molecule has 1 rings (SSSR count). The predicted molar refractivity (Wildman–Crippen MR) is 73.9 cm³/mol. The summed E-state index contributed by atoms with van der Waals surface area (Å²) in [5, 5.41) is 0. The van der Waals surface area contributed by atoms with Crippen LogP contribution in [-0.4, -0.2) is 6.17 Å². The Morgan fingerprint density at radius 3 is 2.24 bits per heavy atom. The molecule has 0 heterocycles. The topological polar surface area (TPSA) is 0 Å². The zero-order valence-electron chi connectivity index (χ0n) is 12.1. The smallest absolute Gasteiger partial charge is 0.100 e. The van der Waals surface area contributed by atoms with Crippen molar-refractivity contribution in [3.63, 3.8) is 0 Å². The van der Waals surface area contributed by atoms with Gasteiger partial charge in [0.05, 0.1) is 0 Å². The van der Waals surface area contributed by atoms with Crippen LogP contribution in [0.5, 0.6) is 0 Å². The summed E-state index contributed by atoms with van der Waals surface area (Å²) < 4.78 is 13.6. The van der Waals surface area contributed by atoms with Crippen molar-refractivity contribution in [3.05, 3.63) is 0 Å². The third-order valence-corrected chi connectivity index (χ3v) is 4.62. The van der Waals surface area contributed by atoms with Gasteiger partial charge < -0.3 is 0 Å². The normalized spacial score (nSPS) is 28.9. The Labute approximate surface area is 107 Å². The minimum Gasteiger partial charge on any atom is -0.247 e. The zero-order valence-corrected chi connectivity index (χ0v) is 12.1. The van der Waals surface area contributed by atoms with Gasteiger partial charge in [0.15, 0.2) is 0 Å². The molecule has 102 valence electrons. The molecular formula is C16H31F. The van der Waals surface area contributed by atoms with E-state index in [0.717, 1.165) is 31.1 Å². The van der Waals surface area contributed by atoms with Gasteiger partial charge in [0.2, 0.25) is 0 Å². The SMILES string of the molecule is CCCC(F)CC(C)C1CCC(CCC)CC1. The van der Waals surface area contributed by atoms with Gasteiger partial charge in [0, 0.05) is 0 Å². The van der Waals surface area contributed by atoms with Gasteiger partial charge in [0.25, 0.3) is 0 Å². The van der Waals surface area contributed by atoms with Crippen molar-refractivity contribution < 1.29 is 4.39 Å². The van der Waals surface area contributed by atoms with Crippen LogP contribution in [0.2, 0.25) is 0 Å². The van der Waals surface area contributed by atoms with E-state index in [1.54, 1.807) is 0 Å². The van der Waals surface area contributed by atoms with Gasteiger partial charge in [-0.25, -0.2) is 4.39 Å². The van der Waals surface area contributed by atoms with E-state index >= 15 is 0 Å². The quantitative estimate of drug-likeness (QED) is 0.532. The molecule has 0 aliphatic heterocycles. The van der Waals surface area contributed by atoms with Gasteiger partial charge in [0.1, 0.15) is 6.17 Å². The molecule has 1 aliphatic rings. The number of alkyl halides is 1. The van der Waals surface area contributed by atoms with Crippen LogP contribution in [0.4, 0.5) is 4.39 Å². The third-order valence-electron chi connectivity index (χ3n) is 4.62. The lowest BCUT2D eigenvalue weighted by Gasteiger charge is -2.32. The Morgan fingerprint density at radius 1 is 1.06 bits per heavy atom. The Hall–Kier alpha value is -0.0700. The first-order valence-electron chi connectivity index (χ1n) is 7.81. The number of rotatable bonds is 7. The molecule has 0 nitrogen and oxygen atoms in total. The highest BCUT2D eigenvalue weighted by Crippen LogP contribution is 2.37. The highest BCUT2D eigenvalue weighted by molar-refractivity contribution is 4.77. The fourth-order valence-corrected chi connectivity index (χ4v) is 3.48. The molecule has 0 amide bonds. The molecule has 0 saturated heterocycles. The second kappa shape index (κ2) is 8.11. The largest absolute Gasteiger partial charge is 0.247 e. The van der Waals surface area contributed by atoms with Crippen LogP contribution in [0.3, 0.4) is 0 Å². The van der Waals surface area contributed by atoms with E-state index in [1.807, 2.05) is 0 Å². The van der Waals surface area contributed by atoms with Gasteiger partial charge in [-0.05, 0) is 43.4 Å². The molecule has 0 aromatic carbocycles. The summed E-state index contributed by atoms with van der Waals surface area (Å²) in [6.07, 6.45) is 10.2. The van der Waals surface area contributed by atoms with E-state index in [4.69, 9.17) is 0 Å². The molecule has 1 aliphatic carbocycles. The second-order valence-electron chi connectivity index (χ2n) is 6.17. The second-order valence-corrected chi connectivity index (χ2v) is 6.17. The van der Waals surface area contributed by atoms with Gasteiger partial charge >= 0.3 is 0 Å². The molecule has 2 unspecified atom stereocenters. The zero-order chi connectivity index (χ0) is 12.7. The Bertz CT molecular complexity index is 182. The lowest BCUT2D eigenvalue weighted by atomic mass is 9.74. The first kappa shape index (κ1) is 15.0. The van der Waals surface area contributed by atoms with Crippen LogP contribution in [-0.2, 0) is 0 Å². The number of hydrogen-bond donors (Lipinski definition) is 0. The number of hydrogen-bond acceptors (Lipinski definition) is 0. The minimum absolute atomic E-state index is 0.552. The lowest BCUT2D eigenvalue weighted by molar-refractivity contribution is 0.164. The molecule has 1 saturated carbocycles. The van der Waals surface area contributed by atoms with E-state index in [9.17, 15) is 4.39 Å². The summed E-state index contributed by atoms with van der Waals surface area (Å²) in [5.74, 6) is 2.37. The molecule has 1 heteroatoms. The Kier molecular flexibility index (Phi) is 7.15. The molecule has 1 fully saturated rings. The maximum absolute atomic E-state index is 13.6. The highest BCUT2D eigenvalue weighted by atomic mass is 19.1. The van der Waals surface area contributed by atoms with Gasteiger partial charge in [-0.2, -0.15) is 0 Å². The molecule has 0 bridgehead atoms. The van der Waals surface area contributed by atoms with E-state index in [-0.39, 0.29) is 0 Å². The average Bonchev–Trinajstić information content (AvgIpc) is 2.30. The molecular weight excluding hydrogens is 211 g/mol. The van der Waals surface area contributed by atoms with Crippen molar-refractivity contribution in [2.45, 2.75) is 84.7 Å². The maximum atomic E-state index is 13.6. The van der Waals surface area contributed by atoms with E-state index < -0.39 is 6.17 Å². The summed E-state index contributed by atoms with van der Waals surface area (Å²) in [6.45, 7) is 6.63. The summed E-state index contributed by atoms with van der Waals surface area (Å²) in [6, 6.07) is 0. The van der Waals surface area contributed by atoms with E-state index in [2.05, 4.69) is 20.8 Å².